The minimum Gasteiger partial charge on any atom is -0.493 e. The molecule has 23 rings (SSSR count). The van der Waals surface area contributed by atoms with E-state index in [0.29, 0.717) is 147 Å². The Morgan fingerprint density at radius 2 is 0.752 bits per heavy atom. The Bertz CT molecular complexity index is 8430. The molecule has 5 aliphatic rings. The van der Waals surface area contributed by atoms with Crippen LogP contribution in [0.1, 0.15) is 86.1 Å². The monoisotopic (exact) mass is 2010 g/mol. The molecule has 149 heavy (non-hydrogen) atoms. The summed E-state index contributed by atoms with van der Waals surface area (Å²) in [5.74, 6) is 3.19. The van der Waals surface area contributed by atoms with E-state index in [2.05, 4.69) is 90.1 Å². The predicted molar refractivity (Wildman–Crippen MR) is 564 cm³/mol. The van der Waals surface area contributed by atoms with Crippen molar-refractivity contribution in [2.45, 2.75) is 85.0 Å². The van der Waals surface area contributed by atoms with Gasteiger partial charge in [-0.15, -0.1) is 0 Å². The SMILES string of the molecule is COc1cc2ncnc(Cc3ccc4c(c3)CCN4C(=O)CC3=C(C)Cc4ccc(F)cc43)c2cc1OC.COc1cc2ncnc(Nc3ccc4c(c3)CCN4C(=O)Cc3c(C)[nH]c4ccccc34)c2cc1OC.COc1cc2ncnc(Nc3ccc4c(c3F)CCN4C(=O)Cc3c(C)[nH]c4ccccc34)c2cc1OC.COc1cc2ncnc(Nc3ccc4c(c3F)CCN4C(=O)Cc3cc(F)ccc3F)c2cc1OC. The summed E-state index contributed by atoms with van der Waals surface area (Å²) in [5, 5.41) is 14.7. The van der Waals surface area contributed by atoms with E-state index in [1.54, 1.807) is 102 Å². The van der Waals surface area contributed by atoms with Crippen LogP contribution < -0.4 is 73.4 Å². The Morgan fingerprint density at radius 1 is 0.356 bits per heavy atom. The number of anilines is 10. The van der Waals surface area contributed by atoms with Crippen molar-refractivity contribution in [2.75, 3.05) is 119 Å². The molecule has 4 amide bonds. The molecule has 12 aromatic carbocycles. The molecule has 754 valence electrons. The number of hydrogen-bond acceptors (Lipinski definition) is 23. The molecular weight excluding hydrogens is 1910 g/mol. The van der Waals surface area contributed by atoms with E-state index in [9.17, 15) is 32.3 Å². The summed E-state index contributed by atoms with van der Waals surface area (Å²) in [4.78, 5) is 101. The van der Waals surface area contributed by atoms with Crippen molar-refractivity contribution in [3.63, 3.8) is 0 Å². The zero-order valence-corrected chi connectivity index (χ0v) is 83.3. The van der Waals surface area contributed by atoms with Crippen LogP contribution in [-0.2, 0) is 77.0 Å². The van der Waals surface area contributed by atoms with Crippen molar-refractivity contribution in [1.29, 1.82) is 0 Å². The van der Waals surface area contributed by atoms with Gasteiger partial charge in [0.15, 0.2) is 57.6 Å². The van der Waals surface area contributed by atoms with Crippen LogP contribution >= 0.6 is 0 Å². The Morgan fingerprint density at radius 3 is 1.24 bits per heavy atom. The van der Waals surface area contributed by atoms with Crippen LogP contribution in [0.15, 0.2) is 225 Å². The molecule has 0 saturated carbocycles. The van der Waals surface area contributed by atoms with Gasteiger partial charge in [0.2, 0.25) is 23.6 Å². The standard InChI is InChI=1S/C31H28FN3O3.C29H26FN5O3.C29H27N5O3.C26H21F3N4O3/c1-18-10-20-5-6-22(32)13-24(20)23(18)15-31(36)35-9-8-21-11-19(4-7-28(21)35)12-26-25-14-29(37-2)30(38-3)16-27(25)34-17-33-26;1-16-19(17-6-4-5-7-21(17)33-16)13-27(36)35-11-10-18-24(35)9-8-22(28(18)30)34-29-20-12-25(37-2)26(38-3)14-23(20)31-15-32-29;1-17-21(20-6-4-5-7-23(20)32-17)14-28(35)34-11-10-18-12-19(8-9-25(18)34)33-29-22-13-26(36-2)27(37-3)15-24(22)30-16-31-29;1-35-22-11-17-20(12-23(22)36-2)30-13-31-26(17)32-19-5-6-21-16(25(19)29)7-8-33(21)24(34)10-14-9-15(27)3-4-18(14)28/h4-7,11,13-14,16-17H,8-10,12,15H2,1-3H3;4-9,12,14-15,33H,10-11,13H2,1-3H3,(H,31,32,34);4-9,12-13,15-16,32H,10-11,14H2,1-3H3,(H,30,31,33);3-6,9,11-13H,7-8,10H2,1-2H3,(H,30,31,32). The molecule has 18 aromatic rings. The molecule has 34 heteroatoms. The van der Waals surface area contributed by atoms with E-state index in [1.165, 1.54) is 50.2 Å². The molecule has 0 bridgehead atoms. The number of aryl methyl sites for hydroxylation is 2. The largest absolute Gasteiger partial charge is 0.493 e. The lowest BCUT2D eigenvalue weighted by Crippen LogP contribution is -2.30. The van der Waals surface area contributed by atoms with Crippen LogP contribution in [0.2, 0.25) is 0 Å². The molecule has 4 aliphatic heterocycles. The molecule has 10 heterocycles. The van der Waals surface area contributed by atoms with E-state index in [0.717, 1.165) is 165 Å². The number of nitrogens with one attached hydrogen (secondary N) is 5. The highest BCUT2D eigenvalue weighted by Gasteiger charge is 2.35. The van der Waals surface area contributed by atoms with E-state index < -0.39 is 29.2 Å². The predicted octanol–water partition coefficient (Wildman–Crippen LogP) is 21.4. The first kappa shape index (κ1) is 98.5. The van der Waals surface area contributed by atoms with Crippen molar-refractivity contribution in [1.82, 2.24) is 49.8 Å². The van der Waals surface area contributed by atoms with Gasteiger partial charge in [-0.1, -0.05) is 60.2 Å². The molecule has 6 aromatic heterocycles. The lowest BCUT2D eigenvalue weighted by Gasteiger charge is -2.19. The van der Waals surface area contributed by atoms with Crippen molar-refractivity contribution in [3.05, 3.63) is 327 Å². The second kappa shape index (κ2) is 42.1. The molecule has 0 saturated heterocycles. The number of fused-ring (bicyclic) bond motifs is 11. The van der Waals surface area contributed by atoms with Gasteiger partial charge in [-0.3, -0.25) is 19.2 Å². The third kappa shape index (κ3) is 19.6. The fraction of sp³-hybridized carbons (Fsp3) is 0.217. The molecule has 0 unspecified atom stereocenters. The number of halogens is 5. The number of aromatic nitrogens is 10. The second-order valence-electron chi connectivity index (χ2n) is 36.5. The van der Waals surface area contributed by atoms with Crippen LogP contribution in [0.5, 0.6) is 46.0 Å². The van der Waals surface area contributed by atoms with Gasteiger partial charge < -0.3 is 83.4 Å². The van der Waals surface area contributed by atoms with Crippen LogP contribution in [0.25, 0.3) is 71.0 Å². The number of nitrogens with zero attached hydrogens (tertiary/aromatic N) is 12. The number of hydrogen-bond donors (Lipinski definition) is 5. The lowest BCUT2D eigenvalue weighted by molar-refractivity contribution is -0.118. The van der Waals surface area contributed by atoms with Crippen LogP contribution in [0.3, 0.4) is 0 Å². The van der Waals surface area contributed by atoms with Crippen molar-refractivity contribution in [3.8, 4) is 46.0 Å². The smallest absolute Gasteiger partial charge is 0.231 e. The summed E-state index contributed by atoms with van der Waals surface area (Å²) in [7, 11) is 12.6. The van der Waals surface area contributed by atoms with Gasteiger partial charge in [0.05, 0.1) is 122 Å². The van der Waals surface area contributed by atoms with Gasteiger partial charge in [-0.05, 0) is 213 Å². The van der Waals surface area contributed by atoms with Crippen molar-refractivity contribution >= 4 is 152 Å². The van der Waals surface area contributed by atoms with Gasteiger partial charge >= 0.3 is 0 Å². The first-order valence-electron chi connectivity index (χ1n) is 48.3. The first-order chi connectivity index (χ1) is 72.4. The fourth-order valence-corrected chi connectivity index (χ4v) is 20.4. The highest BCUT2D eigenvalue weighted by molar-refractivity contribution is 6.06. The van der Waals surface area contributed by atoms with E-state index in [4.69, 9.17) is 37.9 Å². The summed E-state index contributed by atoms with van der Waals surface area (Å²) in [6.45, 7) is 8.02. The number of amides is 4. The quantitative estimate of drug-likeness (QED) is 0.0351. The lowest BCUT2D eigenvalue weighted by atomic mass is 10.0. The normalized spacial score (nSPS) is 13.0. The Labute approximate surface area is 852 Å². The zero-order chi connectivity index (χ0) is 104. The third-order valence-electron chi connectivity index (χ3n) is 27.9. The summed E-state index contributed by atoms with van der Waals surface area (Å²) in [6.07, 6.45) is 10.1. The maximum Gasteiger partial charge on any atom is 0.231 e. The number of aromatic amines is 2. The minimum atomic E-state index is -0.666. The Balaban J connectivity index is 0.000000120. The number of methoxy groups -OCH3 is 8. The fourth-order valence-electron chi connectivity index (χ4n) is 20.4. The number of para-hydroxylation sites is 2. The maximum atomic E-state index is 15.7. The second-order valence-corrected chi connectivity index (χ2v) is 36.5. The zero-order valence-electron chi connectivity index (χ0n) is 83.3. The Kier molecular flexibility index (Phi) is 27.8. The molecule has 0 radical (unpaired) electrons. The molecule has 29 nitrogen and oxygen atoms in total. The summed E-state index contributed by atoms with van der Waals surface area (Å²) < 4.78 is 116. The van der Waals surface area contributed by atoms with E-state index in [-0.39, 0.29) is 72.7 Å². The average Bonchev–Trinajstić information content (AvgIpc) is 1.69. The number of benzene rings is 12. The van der Waals surface area contributed by atoms with Gasteiger partial charge in [-0.25, -0.2) is 61.8 Å². The van der Waals surface area contributed by atoms with Crippen LogP contribution in [-0.4, -0.2) is 157 Å². The highest BCUT2D eigenvalue weighted by atomic mass is 19.1. The summed E-state index contributed by atoms with van der Waals surface area (Å²) in [6, 6.07) is 57.2. The van der Waals surface area contributed by atoms with Gasteiger partial charge in [-0.2, -0.15) is 0 Å². The first-order valence-corrected chi connectivity index (χ1v) is 48.3. The summed E-state index contributed by atoms with van der Waals surface area (Å²) >= 11 is 0. The number of carbonyl (C=O) groups is 4. The number of carbonyl (C=O) groups excluding carboxylic acids is 4. The number of ether oxygens (including phenoxy) is 8. The number of H-pyrrole nitrogens is 2. The number of rotatable bonds is 24. The molecule has 5 N–H and O–H groups in total. The minimum absolute atomic E-state index is 0.0464. The van der Waals surface area contributed by atoms with Gasteiger partial charge in [0, 0.05) is 157 Å². The van der Waals surface area contributed by atoms with E-state index >= 15 is 8.78 Å². The summed E-state index contributed by atoms with van der Waals surface area (Å²) in [5.41, 5.74) is 22.3. The van der Waals surface area contributed by atoms with Crippen molar-refractivity contribution in [2.24, 2.45) is 0 Å². The number of allylic oxidation sites excluding steroid dienone is 1. The topological polar surface area (TPSA) is 326 Å². The van der Waals surface area contributed by atoms with Gasteiger partial charge in [0.1, 0.15) is 60.2 Å². The molecule has 0 atom stereocenters. The molecule has 1 aliphatic carbocycles. The van der Waals surface area contributed by atoms with Crippen molar-refractivity contribution < 1.29 is 79.0 Å². The molecular formula is C115H102F5N17O12. The molecule has 0 fully saturated rings. The molecule has 0 spiro atoms. The Hall–Kier alpha value is -17.9. The average molecular weight is 2010 g/mol. The van der Waals surface area contributed by atoms with E-state index in [1.807, 2.05) is 122 Å². The van der Waals surface area contributed by atoms with Crippen LogP contribution in [0.4, 0.5) is 79.2 Å². The van der Waals surface area contributed by atoms with Gasteiger partial charge in [0.25, 0.3) is 0 Å². The maximum absolute atomic E-state index is 15.7. The van der Waals surface area contributed by atoms with Crippen LogP contribution in [0, 0.1) is 42.9 Å². The highest BCUT2D eigenvalue weighted by Crippen LogP contribution is 2.46. The third-order valence-corrected chi connectivity index (χ3v) is 27.9.